The molecule has 7 heteroatoms. The van der Waals surface area contributed by atoms with Crippen molar-refractivity contribution in [2.45, 2.75) is 77.5 Å². The average Bonchev–Trinajstić information content (AvgIpc) is 2.69. The molecular weight excluding hydrogens is 414 g/mol. The van der Waals surface area contributed by atoms with Crippen LogP contribution in [0, 0.1) is 11.3 Å². The molecule has 1 aromatic carbocycles. The number of nitrogens with one attached hydrogen (secondary N) is 2. The number of urea groups is 1. The monoisotopic (exact) mass is 449 g/mol. The summed E-state index contributed by atoms with van der Waals surface area (Å²) in [6, 6.07) is 7.01. The molecule has 6 nitrogen and oxygen atoms in total. The molecule has 1 aliphatic carbocycles. The predicted molar refractivity (Wildman–Crippen MR) is 123 cm³/mol. The van der Waals surface area contributed by atoms with Gasteiger partial charge in [-0.05, 0) is 50.8 Å². The van der Waals surface area contributed by atoms with Gasteiger partial charge < -0.3 is 20.6 Å². The van der Waals surface area contributed by atoms with Crippen LogP contribution in [0.3, 0.4) is 0 Å². The number of likely N-dealkylation sites (tertiary alicyclic amines) is 1. The number of halogens is 1. The Morgan fingerprint density at radius 1 is 1.16 bits per heavy atom. The molecule has 0 bridgehead atoms. The van der Waals surface area contributed by atoms with Crippen LogP contribution in [-0.4, -0.2) is 47.1 Å². The van der Waals surface area contributed by atoms with E-state index in [1.165, 1.54) is 0 Å². The molecule has 1 aliphatic heterocycles. The van der Waals surface area contributed by atoms with Crippen LogP contribution in [0.5, 0.6) is 0 Å². The summed E-state index contributed by atoms with van der Waals surface area (Å²) in [5.41, 5.74) is -0.728. The fourth-order valence-electron chi connectivity index (χ4n) is 5.08. The number of nitrogens with zero attached hydrogens (tertiary/aromatic N) is 1. The van der Waals surface area contributed by atoms with E-state index >= 15 is 0 Å². The van der Waals surface area contributed by atoms with E-state index in [-0.39, 0.29) is 29.9 Å². The predicted octanol–water partition coefficient (Wildman–Crippen LogP) is 4.05. The lowest BCUT2D eigenvalue weighted by Gasteiger charge is -2.51. The molecule has 1 saturated carbocycles. The number of carbonyl (C=O) groups is 2. The second-order valence-electron chi connectivity index (χ2n) is 10.0. The number of carbonyl (C=O) groups excluding carboxylic acids is 2. The maximum atomic E-state index is 13.5. The van der Waals surface area contributed by atoms with E-state index in [0.29, 0.717) is 24.5 Å². The van der Waals surface area contributed by atoms with E-state index in [1.807, 2.05) is 44.7 Å². The molecule has 0 unspecified atom stereocenters. The summed E-state index contributed by atoms with van der Waals surface area (Å²) < 4.78 is 0. The fourth-order valence-corrected chi connectivity index (χ4v) is 5.20. The van der Waals surface area contributed by atoms with Crippen molar-refractivity contribution in [1.82, 2.24) is 15.5 Å². The van der Waals surface area contributed by atoms with Crippen LogP contribution in [-0.2, 0) is 10.4 Å². The Balaban J connectivity index is 1.72. The summed E-state index contributed by atoms with van der Waals surface area (Å²) in [5.74, 6) is -0.134. The Bertz CT molecular complexity index is 796. The van der Waals surface area contributed by atoms with Gasteiger partial charge in [0.05, 0.1) is 11.5 Å². The van der Waals surface area contributed by atoms with Crippen molar-refractivity contribution >= 4 is 23.5 Å². The van der Waals surface area contributed by atoms with Crippen molar-refractivity contribution in [1.29, 1.82) is 0 Å². The third-order valence-corrected chi connectivity index (χ3v) is 7.15. The Morgan fingerprint density at radius 2 is 1.81 bits per heavy atom. The number of aliphatic hydroxyl groups is 1. The second kappa shape index (κ2) is 9.37. The summed E-state index contributed by atoms with van der Waals surface area (Å²) in [6.07, 6.45) is 4.06. The number of amides is 3. The first kappa shape index (κ1) is 23.9. The zero-order valence-corrected chi connectivity index (χ0v) is 19.8. The molecule has 31 heavy (non-hydrogen) atoms. The van der Waals surface area contributed by atoms with E-state index < -0.39 is 11.0 Å². The topological polar surface area (TPSA) is 81.7 Å². The summed E-state index contributed by atoms with van der Waals surface area (Å²) in [6.45, 7) is 8.80. The van der Waals surface area contributed by atoms with E-state index in [1.54, 1.807) is 12.1 Å². The maximum absolute atomic E-state index is 13.5. The Labute approximate surface area is 190 Å². The minimum absolute atomic E-state index is 0.0474. The normalized spacial score (nSPS) is 28.3. The van der Waals surface area contributed by atoms with Crippen LogP contribution >= 0.6 is 11.6 Å². The van der Waals surface area contributed by atoms with Crippen LogP contribution < -0.4 is 10.6 Å². The van der Waals surface area contributed by atoms with Gasteiger partial charge in [-0.3, -0.25) is 4.79 Å². The van der Waals surface area contributed by atoms with Crippen molar-refractivity contribution in [2.24, 2.45) is 11.3 Å². The Kier molecular flexibility index (Phi) is 7.21. The molecule has 3 atom stereocenters. The third-order valence-electron chi connectivity index (χ3n) is 6.90. The van der Waals surface area contributed by atoms with Gasteiger partial charge in [0, 0.05) is 35.6 Å². The van der Waals surface area contributed by atoms with Crippen LogP contribution in [0.4, 0.5) is 4.79 Å². The van der Waals surface area contributed by atoms with Crippen LogP contribution in [0.15, 0.2) is 24.3 Å². The second-order valence-corrected chi connectivity index (χ2v) is 10.5. The zero-order valence-electron chi connectivity index (χ0n) is 19.1. The highest BCUT2D eigenvalue weighted by atomic mass is 35.5. The molecule has 0 spiro atoms. The van der Waals surface area contributed by atoms with Gasteiger partial charge in [-0.15, -0.1) is 0 Å². The van der Waals surface area contributed by atoms with E-state index in [4.69, 9.17) is 11.6 Å². The smallest absolute Gasteiger partial charge is 0.315 e. The highest BCUT2D eigenvalue weighted by Gasteiger charge is 2.50. The number of rotatable bonds is 4. The van der Waals surface area contributed by atoms with Crippen molar-refractivity contribution in [2.75, 3.05) is 13.1 Å². The fraction of sp³-hybridized carbons (Fsp3) is 0.667. The van der Waals surface area contributed by atoms with Gasteiger partial charge in [-0.25, -0.2) is 4.79 Å². The lowest BCUT2D eigenvalue weighted by atomic mass is 9.66. The van der Waals surface area contributed by atoms with E-state index in [9.17, 15) is 14.7 Å². The number of hydrogen-bond donors (Lipinski definition) is 3. The molecular formula is C24H36ClN3O3. The molecule has 0 radical (unpaired) electrons. The van der Waals surface area contributed by atoms with Crippen molar-refractivity contribution in [3.05, 3.63) is 34.9 Å². The van der Waals surface area contributed by atoms with Crippen LogP contribution in [0.2, 0.25) is 5.02 Å². The minimum atomic E-state index is -1.03. The van der Waals surface area contributed by atoms with E-state index in [2.05, 4.69) is 10.6 Å². The summed E-state index contributed by atoms with van der Waals surface area (Å²) in [5, 5.41) is 18.1. The van der Waals surface area contributed by atoms with Crippen LogP contribution in [0.25, 0.3) is 0 Å². The first-order valence-corrected chi connectivity index (χ1v) is 11.8. The molecule has 0 aromatic heterocycles. The number of benzene rings is 1. The lowest BCUT2D eigenvalue weighted by molar-refractivity contribution is -0.158. The van der Waals surface area contributed by atoms with Crippen molar-refractivity contribution in [3.63, 3.8) is 0 Å². The SMILES string of the molecule is CC(C)NC(=O)N[C@@H]1CCCC[C@@H]1C(=O)N1CC[C@](O)(c2ccc(Cl)cc2)C(C)(C)C1. The first-order chi connectivity index (χ1) is 14.5. The lowest BCUT2D eigenvalue weighted by Crippen LogP contribution is -2.59. The molecule has 172 valence electrons. The van der Waals surface area contributed by atoms with E-state index in [0.717, 1.165) is 31.2 Å². The quantitative estimate of drug-likeness (QED) is 0.648. The molecule has 3 rings (SSSR count). The third kappa shape index (κ3) is 5.17. The number of hydrogen-bond acceptors (Lipinski definition) is 3. The van der Waals surface area contributed by atoms with Gasteiger partial charge in [0.15, 0.2) is 0 Å². The van der Waals surface area contributed by atoms with Gasteiger partial charge in [-0.1, -0.05) is 50.4 Å². The zero-order chi connectivity index (χ0) is 22.8. The van der Waals surface area contributed by atoms with Gasteiger partial charge in [0.2, 0.25) is 5.91 Å². The highest BCUT2D eigenvalue weighted by Crippen LogP contribution is 2.46. The molecule has 1 heterocycles. The summed E-state index contributed by atoms with van der Waals surface area (Å²) in [4.78, 5) is 27.6. The number of piperidine rings is 1. The van der Waals surface area contributed by atoms with Crippen molar-refractivity contribution < 1.29 is 14.7 Å². The Morgan fingerprint density at radius 3 is 2.42 bits per heavy atom. The average molecular weight is 450 g/mol. The molecule has 2 aliphatic rings. The summed E-state index contributed by atoms with van der Waals surface area (Å²) in [7, 11) is 0. The molecule has 2 fully saturated rings. The summed E-state index contributed by atoms with van der Waals surface area (Å²) >= 11 is 6.03. The van der Waals surface area contributed by atoms with Gasteiger partial charge in [0.1, 0.15) is 0 Å². The highest BCUT2D eigenvalue weighted by molar-refractivity contribution is 6.30. The minimum Gasteiger partial charge on any atom is -0.384 e. The first-order valence-electron chi connectivity index (χ1n) is 11.4. The molecule has 3 amide bonds. The molecule has 3 N–H and O–H groups in total. The van der Waals surface area contributed by atoms with Crippen LogP contribution in [0.1, 0.15) is 65.4 Å². The van der Waals surface area contributed by atoms with Gasteiger partial charge in [0.25, 0.3) is 0 Å². The maximum Gasteiger partial charge on any atom is 0.315 e. The van der Waals surface area contributed by atoms with Crippen molar-refractivity contribution in [3.8, 4) is 0 Å². The molecule has 1 saturated heterocycles. The Hall–Kier alpha value is -1.79. The molecule has 1 aromatic rings. The standard InChI is InChI=1S/C24H36ClN3O3/c1-16(2)26-22(30)27-20-8-6-5-7-19(20)21(29)28-14-13-24(31,23(3,4)15-28)17-9-11-18(25)12-10-17/h9-12,16,19-20,31H,5-8,13-15H2,1-4H3,(H2,26,27,30)/t19-,20+,24-/m0/s1. The largest absolute Gasteiger partial charge is 0.384 e. The van der Waals surface area contributed by atoms with Gasteiger partial charge in [-0.2, -0.15) is 0 Å². The van der Waals surface area contributed by atoms with Gasteiger partial charge >= 0.3 is 6.03 Å².